The van der Waals surface area contributed by atoms with Crippen LogP contribution in [-0.4, -0.2) is 47.6 Å². The van der Waals surface area contributed by atoms with Crippen LogP contribution in [0.25, 0.3) is 11.0 Å². The molecule has 5 heteroatoms. The van der Waals surface area contributed by atoms with E-state index in [-0.39, 0.29) is 11.3 Å². The van der Waals surface area contributed by atoms with Crippen LogP contribution >= 0.6 is 0 Å². The van der Waals surface area contributed by atoms with Gasteiger partial charge in [0.15, 0.2) is 0 Å². The van der Waals surface area contributed by atoms with E-state index in [4.69, 9.17) is 9.72 Å². The molecule has 2 aliphatic rings. The molecule has 1 atom stereocenters. The molecular weight excluding hydrogens is 314 g/mol. The Morgan fingerprint density at radius 3 is 2.96 bits per heavy atom. The number of piperidine rings is 1. The molecule has 1 saturated carbocycles. The number of rotatable bonds is 4. The molecular formula is C20H27N3O2. The molecule has 2 heterocycles. The first kappa shape index (κ1) is 16.6. The molecule has 1 aromatic heterocycles. The summed E-state index contributed by atoms with van der Waals surface area (Å²) >= 11 is 0. The fraction of sp³-hybridized carbons (Fsp3) is 0.600. The van der Waals surface area contributed by atoms with Crippen LogP contribution in [0, 0.1) is 12.3 Å². The maximum Gasteiger partial charge on any atom is 0.231 e. The number of nitrogens with one attached hydrogen (secondary N) is 1. The zero-order valence-electron chi connectivity index (χ0n) is 15.2. The summed E-state index contributed by atoms with van der Waals surface area (Å²) < 4.78 is 5.36. The zero-order valence-corrected chi connectivity index (χ0v) is 15.2. The number of hydrogen-bond donors (Lipinski definition) is 1. The lowest BCUT2D eigenvalue weighted by molar-refractivity contribution is -0.153. The van der Waals surface area contributed by atoms with Crippen LogP contribution in [0.1, 0.15) is 49.4 Å². The molecule has 1 aromatic carbocycles. The molecule has 1 saturated heterocycles. The van der Waals surface area contributed by atoms with Crippen molar-refractivity contribution in [2.45, 2.75) is 44.9 Å². The van der Waals surface area contributed by atoms with Gasteiger partial charge in [-0.3, -0.25) is 4.79 Å². The number of ether oxygens (including phenoxy) is 1. The maximum absolute atomic E-state index is 13.1. The van der Waals surface area contributed by atoms with Crippen molar-refractivity contribution >= 4 is 16.9 Å². The molecule has 134 valence electrons. The van der Waals surface area contributed by atoms with Crippen LogP contribution in [-0.2, 0) is 9.53 Å². The number of fused-ring (bicyclic) bond motifs is 1. The largest absolute Gasteiger partial charge is 0.384 e. The molecule has 0 spiro atoms. The summed E-state index contributed by atoms with van der Waals surface area (Å²) in [5.41, 5.74) is 3.07. The molecule has 25 heavy (non-hydrogen) atoms. The number of nitrogens with zero attached hydrogens (tertiary/aromatic N) is 2. The second kappa shape index (κ2) is 6.45. The smallest absolute Gasteiger partial charge is 0.231 e. The summed E-state index contributed by atoms with van der Waals surface area (Å²) in [4.78, 5) is 23.4. The Hall–Kier alpha value is -1.88. The maximum atomic E-state index is 13.1. The van der Waals surface area contributed by atoms with E-state index in [1.165, 1.54) is 5.56 Å². The van der Waals surface area contributed by atoms with Crippen LogP contribution in [0.2, 0.25) is 0 Å². The minimum absolute atomic E-state index is 0.262. The Kier molecular flexibility index (Phi) is 4.28. The van der Waals surface area contributed by atoms with Crippen LogP contribution in [0.15, 0.2) is 18.2 Å². The number of hydrogen-bond acceptors (Lipinski definition) is 3. The second-order valence-electron chi connectivity index (χ2n) is 7.80. The van der Waals surface area contributed by atoms with Gasteiger partial charge in [0.25, 0.3) is 0 Å². The van der Waals surface area contributed by atoms with Gasteiger partial charge in [0.05, 0.1) is 23.1 Å². The third kappa shape index (κ3) is 2.95. The third-order valence-electron chi connectivity index (χ3n) is 5.94. The van der Waals surface area contributed by atoms with Crippen LogP contribution < -0.4 is 0 Å². The normalized spacial score (nSPS) is 22.8. The highest BCUT2D eigenvalue weighted by molar-refractivity contribution is 5.84. The van der Waals surface area contributed by atoms with Gasteiger partial charge < -0.3 is 14.6 Å². The number of amides is 1. The monoisotopic (exact) mass is 341 g/mol. The minimum atomic E-state index is -0.262. The highest BCUT2D eigenvalue weighted by Gasteiger charge is 2.47. The van der Waals surface area contributed by atoms with E-state index >= 15 is 0 Å². The summed E-state index contributed by atoms with van der Waals surface area (Å²) in [6.45, 7) is 4.27. The highest BCUT2D eigenvalue weighted by atomic mass is 16.5. The molecule has 0 radical (unpaired) electrons. The molecule has 1 N–H and O–H groups in total. The Morgan fingerprint density at radius 1 is 1.40 bits per heavy atom. The Morgan fingerprint density at radius 2 is 2.24 bits per heavy atom. The zero-order chi connectivity index (χ0) is 17.4. The molecule has 0 bridgehead atoms. The van der Waals surface area contributed by atoms with Crippen molar-refractivity contribution in [3.63, 3.8) is 0 Å². The van der Waals surface area contributed by atoms with Gasteiger partial charge in [-0.15, -0.1) is 0 Å². The van der Waals surface area contributed by atoms with Crippen LogP contribution in [0.4, 0.5) is 0 Å². The van der Waals surface area contributed by atoms with Gasteiger partial charge in [0, 0.05) is 26.1 Å². The number of carbonyl (C=O) groups excluding carboxylic acids is 1. The molecule has 1 aliphatic heterocycles. The van der Waals surface area contributed by atoms with E-state index in [1.807, 2.05) is 0 Å². The van der Waals surface area contributed by atoms with Crippen molar-refractivity contribution < 1.29 is 9.53 Å². The number of likely N-dealkylation sites (tertiary alicyclic amines) is 1. The number of aromatic amines is 1. The average Bonchev–Trinajstić information content (AvgIpc) is 3.01. The lowest BCUT2D eigenvalue weighted by Crippen LogP contribution is -2.52. The Balaban J connectivity index is 1.53. The fourth-order valence-corrected chi connectivity index (χ4v) is 4.36. The van der Waals surface area contributed by atoms with Gasteiger partial charge in [-0.1, -0.05) is 12.5 Å². The number of aromatic nitrogens is 2. The van der Waals surface area contributed by atoms with Gasteiger partial charge in [-0.05, 0) is 50.3 Å². The first-order chi connectivity index (χ1) is 12.1. The quantitative estimate of drug-likeness (QED) is 0.927. The van der Waals surface area contributed by atoms with Crippen molar-refractivity contribution in [3.8, 4) is 0 Å². The summed E-state index contributed by atoms with van der Waals surface area (Å²) in [6, 6.07) is 6.30. The summed E-state index contributed by atoms with van der Waals surface area (Å²) in [5, 5.41) is 0. The fourth-order valence-electron chi connectivity index (χ4n) is 4.36. The lowest BCUT2D eigenvalue weighted by Gasteiger charge is -2.44. The number of H-pyrrole nitrogens is 1. The van der Waals surface area contributed by atoms with E-state index in [9.17, 15) is 4.79 Å². The molecule has 1 aliphatic carbocycles. The molecule has 5 nitrogen and oxygen atoms in total. The number of methoxy groups -OCH3 is 1. The van der Waals surface area contributed by atoms with Gasteiger partial charge >= 0.3 is 0 Å². The predicted octanol–water partition coefficient (Wildman–Crippen LogP) is 3.39. The van der Waals surface area contributed by atoms with Crippen molar-refractivity contribution in [2.24, 2.45) is 5.41 Å². The van der Waals surface area contributed by atoms with Crippen molar-refractivity contribution in [3.05, 3.63) is 29.6 Å². The van der Waals surface area contributed by atoms with Crippen molar-refractivity contribution in [1.29, 1.82) is 0 Å². The Bertz CT molecular complexity index is 778. The lowest BCUT2D eigenvalue weighted by atomic mass is 9.68. The topological polar surface area (TPSA) is 58.2 Å². The third-order valence-corrected chi connectivity index (χ3v) is 5.94. The molecule has 0 unspecified atom stereocenters. The SMILES string of the molecule is COCC1(C(=O)N2CCC[C@H](c3nc4ccc(C)cc4[nH]3)C2)CCC1. The van der Waals surface area contributed by atoms with E-state index < -0.39 is 0 Å². The van der Waals surface area contributed by atoms with Crippen molar-refractivity contribution in [1.82, 2.24) is 14.9 Å². The molecule has 4 rings (SSSR count). The first-order valence-electron chi connectivity index (χ1n) is 9.36. The van der Waals surface area contributed by atoms with Crippen LogP contribution in [0.5, 0.6) is 0 Å². The average molecular weight is 341 g/mol. The van der Waals surface area contributed by atoms with E-state index in [2.05, 4.69) is 35.0 Å². The van der Waals surface area contributed by atoms with Crippen LogP contribution in [0.3, 0.4) is 0 Å². The summed E-state index contributed by atoms with van der Waals surface area (Å²) in [6.07, 6.45) is 5.18. The first-order valence-corrected chi connectivity index (χ1v) is 9.36. The molecule has 1 amide bonds. The second-order valence-corrected chi connectivity index (χ2v) is 7.80. The highest BCUT2D eigenvalue weighted by Crippen LogP contribution is 2.43. The number of carbonyl (C=O) groups is 1. The molecule has 2 aromatic rings. The van der Waals surface area contributed by atoms with Gasteiger partial charge in [0.1, 0.15) is 5.82 Å². The minimum Gasteiger partial charge on any atom is -0.384 e. The number of benzene rings is 1. The number of imidazole rings is 1. The van der Waals surface area contributed by atoms with E-state index in [0.29, 0.717) is 12.5 Å². The van der Waals surface area contributed by atoms with Gasteiger partial charge in [0.2, 0.25) is 5.91 Å². The predicted molar refractivity (Wildman–Crippen MR) is 97.5 cm³/mol. The standard InChI is InChI=1S/C20H27N3O2/c1-14-6-7-16-17(11-14)22-18(21-16)15-5-3-10-23(12-15)19(24)20(13-25-2)8-4-9-20/h6-7,11,15H,3-5,8-10,12-13H2,1-2H3,(H,21,22)/t15-/m0/s1. The summed E-state index contributed by atoms with van der Waals surface area (Å²) in [5.74, 6) is 1.61. The van der Waals surface area contributed by atoms with Crippen molar-refractivity contribution in [2.75, 3.05) is 26.8 Å². The summed E-state index contributed by atoms with van der Waals surface area (Å²) in [7, 11) is 1.70. The number of aryl methyl sites for hydroxylation is 1. The molecule has 2 fully saturated rings. The Labute approximate surface area is 148 Å². The van der Waals surface area contributed by atoms with Gasteiger partial charge in [-0.2, -0.15) is 0 Å². The van der Waals surface area contributed by atoms with E-state index in [1.54, 1.807) is 7.11 Å². The van der Waals surface area contributed by atoms with E-state index in [0.717, 1.165) is 62.1 Å². The van der Waals surface area contributed by atoms with Gasteiger partial charge in [-0.25, -0.2) is 4.98 Å².